The molecule has 128 valence electrons. The molecule has 1 aliphatic heterocycles. The molecule has 1 atom stereocenters. The molecule has 1 fully saturated rings. The van der Waals surface area contributed by atoms with E-state index in [2.05, 4.69) is 19.9 Å². The van der Waals surface area contributed by atoms with E-state index in [9.17, 15) is 4.79 Å². The Morgan fingerprint density at radius 3 is 2.92 bits per heavy atom. The van der Waals surface area contributed by atoms with Crippen LogP contribution >= 0.6 is 0 Å². The van der Waals surface area contributed by atoms with Crippen LogP contribution in [0.3, 0.4) is 0 Å². The molecule has 24 heavy (non-hydrogen) atoms. The molecule has 0 aromatic carbocycles. The van der Waals surface area contributed by atoms with Crippen molar-refractivity contribution < 1.29 is 4.79 Å². The molecule has 0 spiro atoms. The van der Waals surface area contributed by atoms with Crippen molar-refractivity contribution in [2.24, 2.45) is 13.0 Å². The highest BCUT2D eigenvalue weighted by Crippen LogP contribution is 2.21. The molecule has 2 amide bonds. The first-order valence-electron chi connectivity index (χ1n) is 8.48. The Labute approximate surface area is 142 Å². The van der Waals surface area contributed by atoms with E-state index in [0.29, 0.717) is 11.7 Å². The zero-order chi connectivity index (χ0) is 17.1. The second kappa shape index (κ2) is 7.03. The van der Waals surface area contributed by atoms with Gasteiger partial charge in [-0.15, -0.1) is 0 Å². The molecule has 6 heteroatoms. The van der Waals surface area contributed by atoms with Crippen LogP contribution in [0.4, 0.5) is 10.6 Å². The van der Waals surface area contributed by atoms with Gasteiger partial charge in [-0.05, 0) is 50.3 Å². The van der Waals surface area contributed by atoms with Crippen molar-refractivity contribution in [2.75, 3.05) is 18.4 Å². The van der Waals surface area contributed by atoms with Gasteiger partial charge < -0.3 is 9.47 Å². The summed E-state index contributed by atoms with van der Waals surface area (Å²) in [5, 5.41) is 2.94. The second-order valence-electron chi connectivity index (χ2n) is 6.71. The molecule has 0 saturated carbocycles. The third-order valence-corrected chi connectivity index (χ3v) is 4.53. The second-order valence-corrected chi connectivity index (χ2v) is 6.71. The number of nitrogens with zero attached hydrogens (tertiary/aromatic N) is 4. The molecule has 0 bridgehead atoms. The van der Waals surface area contributed by atoms with Gasteiger partial charge in [-0.3, -0.25) is 5.32 Å². The van der Waals surface area contributed by atoms with Crippen molar-refractivity contribution in [1.29, 1.82) is 0 Å². The number of urea groups is 1. The van der Waals surface area contributed by atoms with Gasteiger partial charge >= 0.3 is 6.03 Å². The average molecular weight is 327 g/mol. The third kappa shape index (κ3) is 3.93. The monoisotopic (exact) mass is 327 g/mol. The Kier molecular flexibility index (Phi) is 4.83. The van der Waals surface area contributed by atoms with E-state index >= 15 is 0 Å². The van der Waals surface area contributed by atoms with Crippen LogP contribution in [0.25, 0.3) is 0 Å². The summed E-state index contributed by atoms with van der Waals surface area (Å²) in [6, 6.07) is 3.84. The normalized spacial score (nSPS) is 17.8. The van der Waals surface area contributed by atoms with Crippen LogP contribution in [0.1, 0.15) is 29.9 Å². The topological polar surface area (TPSA) is 63.1 Å². The molecule has 1 aliphatic rings. The predicted octanol–water partition coefficient (Wildman–Crippen LogP) is 2.92. The van der Waals surface area contributed by atoms with Crippen molar-refractivity contribution in [3.8, 4) is 0 Å². The standard InChI is InChI=1S/C18H25N5O/c1-13-9-14(2)20-16(10-13)21-18(24)23-7-4-5-15(12-23)11-17-19-6-8-22(17)3/h6,8-10,15H,4-5,7,11-12H2,1-3H3,(H,20,21,24)/t15-/m0/s1. The lowest BCUT2D eigenvalue weighted by Crippen LogP contribution is -2.43. The van der Waals surface area contributed by atoms with Gasteiger partial charge in [0.05, 0.1) is 0 Å². The number of piperidine rings is 1. The van der Waals surface area contributed by atoms with Crippen molar-refractivity contribution in [3.63, 3.8) is 0 Å². The summed E-state index contributed by atoms with van der Waals surface area (Å²) in [5.41, 5.74) is 2.01. The lowest BCUT2D eigenvalue weighted by molar-refractivity contribution is 0.176. The highest BCUT2D eigenvalue weighted by Gasteiger charge is 2.25. The number of likely N-dealkylation sites (tertiary alicyclic amines) is 1. The molecule has 2 aromatic rings. The van der Waals surface area contributed by atoms with Crippen molar-refractivity contribution >= 4 is 11.8 Å². The Hall–Kier alpha value is -2.37. The molecule has 0 radical (unpaired) electrons. The number of aromatic nitrogens is 3. The molecule has 6 nitrogen and oxygen atoms in total. The molecule has 3 heterocycles. The quantitative estimate of drug-likeness (QED) is 0.943. The first-order valence-corrected chi connectivity index (χ1v) is 8.48. The van der Waals surface area contributed by atoms with E-state index in [-0.39, 0.29) is 6.03 Å². The summed E-state index contributed by atoms with van der Waals surface area (Å²) < 4.78 is 2.05. The van der Waals surface area contributed by atoms with Crippen molar-refractivity contribution in [2.45, 2.75) is 33.1 Å². The summed E-state index contributed by atoms with van der Waals surface area (Å²) in [6.45, 7) is 5.51. The van der Waals surface area contributed by atoms with Crippen molar-refractivity contribution in [3.05, 3.63) is 41.6 Å². The number of carbonyl (C=O) groups is 1. The smallest absolute Gasteiger partial charge is 0.323 e. The molecular formula is C18H25N5O. The molecule has 0 aliphatic carbocycles. The van der Waals surface area contributed by atoms with Crippen LogP contribution in [0.15, 0.2) is 24.5 Å². The first kappa shape index (κ1) is 16.5. The summed E-state index contributed by atoms with van der Waals surface area (Å²) in [5.74, 6) is 2.17. The Morgan fingerprint density at radius 2 is 2.21 bits per heavy atom. The first-order chi connectivity index (χ1) is 11.5. The number of rotatable bonds is 3. The zero-order valence-corrected chi connectivity index (χ0v) is 14.6. The highest BCUT2D eigenvalue weighted by molar-refractivity contribution is 5.88. The largest absolute Gasteiger partial charge is 0.338 e. The highest BCUT2D eigenvalue weighted by atomic mass is 16.2. The summed E-state index contributed by atoms with van der Waals surface area (Å²) in [7, 11) is 2.02. The third-order valence-electron chi connectivity index (χ3n) is 4.53. The SMILES string of the molecule is Cc1cc(C)nc(NC(=O)N2CCC[C@@H](Cc3nccn3C)C2)c1. The Bertz CT molecular complexity index is 704. The number of anilines is 1. The van der Waals surface area contributed by atoms with Gasteiger partial charge in [0.15, 0.2) is 0 Å². The Balaban J connectivity index is 1.61. The maximum Gasteiger partial charge on any atom is 0.323 e. The van der Waals surface area contributed by atoms with Crippen LogP contribution in [-0.4, -0.2) is 38.6 Å². The number of aryl methyl sites for hydroxylation is 3. The molecule has 1 saturated heterocycles. The van der Waals surface area contributed by atoms with Gasteiger partial charge in [0, 0.05) is 44.6 Å². The lowest BCUT2D eigenvalue weighted by atomic mass is 9.94. The van der Waals surface area contributed by atoms with Gasteiger partial charge in [0.2, 0.25) is 0 Å². The van der Waals surface area contributed by atoms with Gasteiger partial charge in [-0.2, -0.15) is 0 Å². The fraction of sp³-hybridized carbons (Fsp3) is 0.500. The van der Waals surface area contributed by atoms with Crippen molar-refractivity contribution in [1.82, 2.24) is 19.4 Å². The maximum atomic E-state index is 12.6. The number of carbonyl (C=O) groups excluding carboxylic acids is 1. The van der Waals surface area contributed by atoms with Gasteiger partial charge in [0.25, 0.3) is 0 Å². The predicted molar refractivity (Wildman–Crippen MR) is 93.9 cm³/mol. The minimum absolute atomic E-state index is 0.0583. The average Bonchev–Trinajstić information content (AvgIpc) is 2.91. The lowest BCUT2D eigenvalue weighted by Gasteiger charge is -2.32. The van der Waals surface area contributed by atoms with Gasteiger partial charge in [-0.25, -0.2) is 14.8 Å². The van der Waals surface area contributed by atoms with Crippen LogP contribution in [0.2, 0.25) is 0 Å². The molecule has 0 unspecified atom stereocenters. The van der Waals surface area contributed by atoms with E-state index in [1.54, 1.807) is 0 Å². The number of imidazole rings is 1. The molecule has 1 N–H and O–H groups in total. The van der Waals surface area contributed by atoms with Gasteiger partial charge in [0.1, 0.15) is 11.6 Å². The van der Waals surface area contributed by atoms with Crippen LogP contribution in [0, 0.1) is 19.8 Å². The summed E-state index contributed by atoms with van der Waals surface area (Å²) in [4.78, 5) is 23.2. The van der Waals surface area contributed by atoms with E-state index in [0.717, 1.165) is 49.4 Å². The molecular weight excluding hydrogens is 302 g/mol. The minimum atomic E-state index is -0.0583. The summed E-state index contributed by atoms with van der Waals surface area (Å²) >= 11 is 0. The Morgan fingerprint density at radius 1 is 1.38 bits per heavy atom. The van der Waals surface area contributed by atoms with Crippen LogP contribution < -0.4 is 5.32 Å². The van der Waals surface area contributed by atoms with Crippen LogP contribution in [-0.2, 0) is 13.5 Å². The number of hydrogen-bond acceptors (Lipinski definition) is 3. The van der Waals surface area contributed by atoms with E-state index in [4.69, 9.17) is 0 Å². The number of pyridine rings is 1. The number of amides is 2. The molecule has 3 rings (SSSR count). The number of hydrogen-bond donors (Lipinski definition) is 1. The molecule has 2 aromatic heterocycles. The van der Waals surface area contributed by atoms with E-state index < -0.39 is 0 Å². The zero-order valence-electron chi connectivity index (χ0n) is 14.6. The van der Waals surface area contributed by atoms with Crippen LogP contribution in [0.5, 0.6) is 0 Å². The fourth-order valence-corrected chi connectivity index (χ4v) is 3.36. The summed E-state index contributed by atoms with van der Waals surface area (Å²) in [6.07, 6.45) is 6.87. The maximum absolute atomic E-state index is 12.6. The van der Waals surface area contributed by atoms with E-state index in [1.165, 1.54) is 0 Å². The number of nitrogens with one attached hydrogen (secondary N) is 1. The van der Waals surface area contributed by atoms with E-state index in [1.807, 2.05) is 50.3 Å². The fourth-order valence-electron chi connectivity index (χ4n) is 3.36. The van der Waals surface area contributed by atoms with Gasteiger partial charge in [-0.1, -0.05) is 0 Å². The minimum Gasteiger partial charge on any atom is -0.338 e.